The van der Waals surface area contributed by atoms with Crippen LogP contribution in [-0.2, 0) is 22.6 Å². The number of nitrogens with zero attached hydrogens (tertiary/aromatic N) is 1. The van der Waals surface area contributed by atoms with E-state index >= 15 is 0 Å². The molecule has 2 aromatic rings. The molecule has 1 saturated heterocycles. The van der Waals surface area contributed by atoms with Gasteiger partial charge in [0.1, 0.15) is 11.5 Å². The minimum atomic E-state index is -0.596. The number of benzene rings is 2. The van der Waals surface area contributed by atoms with Gasteiger partial charge in [0.2, 0.25) is 11.8 Å². The molecule has 160 valence electrons. The molecule has 0 spiro atoms. The molecule has 30 heavy (non-hydrogen) atoms. The lowest BCUT2D eigenvalue weighted by molar-refractivity contribution is -0.140. The van der Waals surface area contributed by atoms with Gasteiger partial charge in [-0.15, -0.1) is 0 Å². The maximum absolute atomic E-state index is 13.0. The molecule has 1 unspecified atom stereocenters. The lowest BCUT2D eigenvalue weighted by atomic mass is 9.80. The van der Waals surface area contributed by atoms with E-state index in [0.717, 1.165) is 35.5 Å². The Balaban J connectivity index is 1.59. The van der Waals surface area contributed by atoms with Crippen molar-refractivity contribution < 1.29 is 19.1 Å². The Kier molecular flexibility index (Phi) is 6.98. The fraction of sp³-hybridized carbons (Fsp3) is 0.417. The number of likely N-dealkylation sites (tertiary alicyclic amines) is 1. The molecule has 0 saturated carbocycles. The van der Waals surface area contributed by atoms with Gasteiger partial charge in [-0.1, -0.05) is 24.3 Å². The van der Waals surface area contributed by atoms with Gasteiger partial charge in [0.25, 0.3) is 0 Å². The number of piperidine rings is 1. The predicted molar refractivity (Wildman–Crippen MR) is 115 cm³/mol. The number of nitrogens with one attached hydrogen (secondary N) is 1. The largest absolute Gasteiger partial charge is 0.497 e. The molecule has 0 radical (unpaired) electrons. The molecular formula is C24H30N2O4. The summed E-state index contributed by atoms with van der Waals surface area (Å²) in [6.45, 7) is 3.49. The smallest absolute Gasteiger partial charge is 0.227 e. The van der Waals surface area contributed by atoms with Crippen LogP contribution in [0.15, 0.2) is 48.5 Å². The highest BCUT2D eigenvalue weighted by Crippen LogP contribution is 2.30. The van der Waals surface area contributed by atoms with Crippen molar-refractivity contribution in [1.82, 2.24) is 10.2 Å². The molecular weight excluding hydrogens is 380 g/mol. The summed E-state index contributed by atoms with van der Waals surface area (Å²) in [5, 5.41) is 3.04. The number of hydrogen-bond donors (Lipinski definition) is 1. The van der Waals surface area contributed by atoms with Crippen LogP contribution in [0.5, 0.6) is 11.5 Å². The fourth-order valence-corrected chi connectivity index (χ4v) is 3.88. The summed E-state index contributed by atoms with van der Waals surface area (Å²) < 4.78 is 10.5. The van der Waals surface area contributed by atoms with Crippen LogP contribution in [0.2, 0.25) is 0 Å². The van der Waals surface area contributed by atoms with Crippen LogP contribution in [-0.4, -0.2) is 44.0 Å². The summed E-state index contributed by atoms with van der Waals surface area (Å²) in [5.41, 5.74) is 1.29. The van der Waals surface area contributed by atoms with Crippen molar-refractivity contribution in [3.05, 3.63) is 59.7 Å². The van der Waals surface area contributed by atoms with Gasteiger partial charge in [0.05, 0.1) is 26.1 Å². The summed E-state index contributed by atoms with van der Waals surface area (Å²) in [5.74, 6) is 1.51. The van der Waals surface area contributed by atoms with Crippen LogP contribution in [0.4, 0.5) is 0 Å². The number of carbonyl (C=O) groups is 2. The first-order valence-corrected chi connectivity index (χ1v) is 10.3. The molecule has 1 atom stereocenters. The first kappa shape index (κ1) is 21.7. The van der Waals surface area contributed by atoms with Crippen LogP contribution in [0.25, 0.3) is 0 Å². The molecule has 2 aromatic carbocycles. The van der Waals surface area contributed by atoms with Crippen LogP contribution in [0.1, 0.15) is 30.9 Å². The number of carbonyl (C=O) groups excluding carboxylic acids is 2. The number of rotatable bonds is 7. The van der Waals surface area contributed by atoms with Crippen LogP contribution < -0.4 is 14.8 Å². The molecule has 6 heteroatoms. The van der Waals surface area contributed by atoms with E-state index in [9.17, 15) is 9.59 Å². The summed E-state index contributed by atoms with van der Waals surface area (Å²) in [4.78, 5) is 27.6. The van der Waals surface area contributed by atoms with Crippen molar-refractivity contribution in [2.75, 3.05) is 27.3 Å². The maximum Gasteiger partial charge on any atom is 0.227 e. The Morgan fingerprint density at radius 1 is 1.03 bits per heavy atom. The topological polar surface area (TPSA) is 67.9 Å². The second kappa shape index (κ2) is 9.65. The van der Waals surface area contributed by atoms with Crippen LogP contribution in [0, 0.1) is 5.41 Å². The third-order valence-electron chi connectivity index (χ3n) is 5.67. The summed E-state index contributed by atoms with van der Waals surface area (Å²) >= 11 is 0. The van der Waals surface area contributed by atoms with Gasteiger partial charge in [0, 0.05) is 19.6 Å². The normalized spacial score (nSPS) is 18.6. The molecule has 1 aliphatic heterocycles. The third kappa shape index (κ3) is 5.32. The van der Waals surface area contributed by atoms with Crippen molar-refractivity contribution in [2.24, 2.45) is 5.41 Å². The average molecular weight is 411 g/mol. The quantitative estimate of drug-likeness (QED) is 0.761. The predicted octanol–water partition coefficient (Wildman–Crippen LogP) is 3.19. The summed E-state index contributed by atoms with van der Waals surface area (Å²) in [6.07, 6.45) is 1.88. The van der Waals surface area contributed by atoms with Gasteiger partial charge in [0.15, 0.2) is 0 Å². The molecule has 1 N–H and O–H groups in total. The minimum Gasteiger partial charge on any atom is -0.497 e. The van der Waals surface area contributed by atoms with E-state index < -0.39 is 5.41 Å². The Labute approximate surface area is 178 Å². The Morgan fingerprint density at radius 3 is 2.33 bits per heavy atom. The van der Waals surface area contributed by atoms with Crippen molar-refractivity contribution in [1.29, 1.82) is 0 Å². The Bertz CT molecular complexity index is 898. The Morgan fingerprint density at radius 2 is 1.67 bits per heavy atom. The monoisotopic (exact) mass is 410 g/mol. The number of methoxy groups -OCH3 is 2. The van der Waals surface area contributed by atoms with Crippen molar-refractivity contribution >= 4 is 11.8 Å². The fourth-order valence-electron chi connectivity index (χ4n) is 3.88. The van der Waals surface area contributed by atoms with E-state index in [1.807, 2.05) is 60.4 Å². The SMILES string of the molecule is COc1cccc(CNC(=O)C2(C)CCCN(C(=O)Cc3cccc(OC)c3)C2)c1. The van der Waals surface area contributed by atoms with Crippen molar-refractivity contribution in [3.8, 4) is 11.5 Å². The van der Waals surface area contributed by atoms with Crippen molar-refractivity contribution in [2.45, 2.75) is 32.7 Å². The highest BCUT2D eigenvalue weighted by molar-refractivity contribution is 5.84. The third-order valence-corrected chi connectivity index (χ3v) is 5.67. The zero-order chi connectivity index (χ0) is 21.6. The van der Waals surface area contributed by atoms with E-state index in [2.05, 4.69) is 5.32 Å². The lowest BCUT2D eigenvalue weighted by Crippen LogP contribution is -2.52. The first-order chi connectivity index (χ1) is 14.4. The lowest BCUT2D eigenvalue weighted by Gasteiger charge is -2.39. The van der Waals surface area contributed by atoms with Gasteiger partial charge < -0.3 is 19.7 Å². The molecule has 1 fully saturated rings. The van der Waals surface area contributed by atoms with Crippen molar-refractivity contribution in [3.63, 3.8) is 0 Å². The van der Waals surface area contributed by atoms with Gasteiger partial charge in [-0.05, 0) is 55.2 Å². The summed E-state index contributed by atoms with van der Waals surface area (Å²) in [6, 6.07) is 15.2. The standard InChI is InChI=1S/C24H30N2O4/c1-24(23(28)25-16-19-8-5-10-21(14-19)30-3)11-6-12-26(17-24)22(27)15-18-7-4-9-20(13-18)29-2/h4-5,7-10,13-14H,6,11-12,15-17H2,1-3H3,(H,25,28). The van der Waals surface area contributed by atoms with Crippen LogP contribution in [0.3, 0.4) is 0 Å². The summed E-state index contributed by atoms with van der Waals surface area (Å²) in [7, 11) is 3.24. The molecule has 6 nitrogen and oxygen atoms in total. The van der Waals surface area contributed by atoms with Crippen LogP contribution >= 0.6 is 0 Å². The van der Waals surface area contributed by atoms with E-state index in [1.165, 1.54) is 0 Å². The molecule has 2 amide bonds. The molecule has 0 aliphatic carbocycles. The van der Waals surface area contributed by atoms with Gasteiger partial charge in [-0.2, -0.15) is 0 Å². The van der Waals surface area contributed by atoms with E-state index in [4.69, 9.17) is 9.47 Å². The molecule has 1 heterocycles. The Hall–Kier alpha value is -3.02. The zero-order valence-corrected chi connectivity index (χ0v) is 17.9. The average Bonchev–Trinajstić information content (AvgIpc) is 2.77. The van der Waals surface area contributed by atoms with E-state index in [0.29, 0.717) is 26.1 Å². The minimum absolute atomic E-state index is 0.0239. The second-order valence-electron chi connectivity index (χ2n) is 8.04. The highest BCUT2D eigenvalue weighted by Gasteiger charge is 2.39. The van der Waals surface area contributed by atoms with Gasteiger partial charge >= 0.3 is 0 Å². The zero-order valence-electron chi connectivity index (χ0n) is 17.9. The molecule has 3 rings (SSSR count). The van der Waals surface area contributed by atoms with Gasteiger partial charge in [-0.25, -0.2) is 0 Å². The highest BCUT2D eigenvalue weighted by atomic mass is 16.5. The number of ether oxygens (including phenoxy) is 2. The van der Waals surface area contributed by atoms with Gasteiger partial charge in [-0.3, -0.25) is 9.59 Å². The maximum atomic E-state index is 13.0. The van der Waals surface area contributed by atoms with E-state index in [-0.39, 0.29) is 11.8 Å². The number of hydrogen-bond acceptors (Lipinski definition) is 4. The molecule has 0 bridgehead atoms. The second-order valence-corrected chi connectivity index (χ2v) is 8.04. The first-order valence-electron chi connectivity index (χ1n) is 10.3. The molecule has 1 aliphatic rings. The number of amides is 2. The van der Waals surface area contributed by atoms with E-state index in [1.54, 1.807) is 14.2 Å². The molecule has 0 aromatic heterocycles.